The highest BCUT2D eigenvalue weighted by atomic mass is 35.5. The van der Waals surface area contributed by atoms with Crippen molar-refractivity contribution < 1.29 is 14.3 Å². The first-order valence-corrected chi connectivity index (χ1v) is 6.99. The average Bonchev–Trinajstić information content (AvgIpc) is 2.36. The molecule has 1 aliphatic rings. The van der Waals surface area contributed by atoms with Crippen LogP contribution in [0.2, 0.25) is 5.02 Å². The molecule has 1 amide bonds. The lowest BCUT2D eigenvalue weighted by Crippen LogP contribution is -2.53. The van der Waals surface area contributed by atoms with E-state index in [4.69, 9.17) is 21.1 Å². The molecule has 1 heterocycles. The van der Waals surface area contributed by atoms with Crippen LogP contribution >= 0.6 is 11.6 Å². The zero-order valence-corrected chi connectivity index (χ0v) is 12.8. The molecular formula is C15H20ClNO3. The maximum absolute atomic E-state index is 12.2. The van der Waals surface area contributed by atoms with Crippen LogP contribution in [0.4, 0.5) is 0 Å². The molecule has 0 aliphatic carbocycles. The van der Waals surface area contributed by atoms with Crippen LogP contribution in [-0.4, -0.2) is 31.3 Å². The van der Waals surface area contributed by atoms with Crippen molar-refractivity contribution in [1.29, 1.82) is 0 Å². The summed E-state index contributed by atoms with van der Waals surface area (Å²) in [6, 6.07) is 6.96. The summed E-state index contributed by atoms with van der Waals surface area (Å²) in [4.78, 5) is 12.2. The molecule has 110 valence electrons. The van der Waals surface area contributed by atoms with Gasteiger partial charge in [-0.1, -0.05) is 18.5 Å². The van der Waals surface area contributed by atoms with Crippen LogP contribution in [0.5, 0.6) is 5.75 Å². The van der Waals surface area contributed by atoms with Crippen LogP contribution in [0.1, 0.15) is 20.8 Å². The molecule has 0 aromatic heterocycles. The van der Waals surface area contributed by atoms with E-state index in [1.807, 2.05) is 0 Å². The number of ether oxygens (including phenoxy) is 2. The van der Waals surface area contributed by atoms with Gasteiger partial charge in [0.05, 0.1) is 13.2 Å². The van der Waals surface area contributed by atoms with Crippen molar-refractivity contribution in [3.8, 4) is 5.75 Å². The Morgan fingerprint density at radius 1 is 1.40 bits per heavy atom. The number of hydrogen-bond donors (Lipinski definition) is 1. The molecule has 1 aliphatic heterocycles. The predicted molar refractivity (Wildman–Crippen MR) is 78.1 cm³/mol. The third kappa shape index (κ3) is 3.64. The fourth-order valence-corrected chi connectivity index (χ4v) is 2.03. The summed E-state index contributed by atoms with van der Waals surface area (Å²) < 4.78 is 10.9. The minimum absolute atomic E-state index is 0.0476. The van der Waals surface area contributed by atoms with Gasteiger partial charge in [-0.25, -0.2) is 0 Å². The third-order valence-corrected chi connectivity index (χ3v) is 3.56. The van der Waals surface area contributed by atoms with Crippen molar-refractivity contribution >= 4 is 17.5 Å². The molecule has 20 heavy (non-hydrogen) atoms. The Morgan fingerprint density at radius 3 is 2.50 bits per heavy atom. The third-order valence-electron chi connectivity index (χ3n) is 3.31. The van der Waals surface area contributed by atoms with E-state index < -0.39 is 5.60 Å². The highest BCUT2D eigenvalue weighted by Gasteiger charge is 2.36. The molecule has 0 spiro atoms. The Kier molecular flexibility index (Phi) is 4.25. The van der Waals surface area contributed by atoms with E-state index in [1.165, 1.54) is 0 Å². The first-order valence-electron chi connectivity index (χ1n) is 6.61. The number of carbonyl (C=O) groups excluding carboxylic acids is 1. The minimum Gasteiger partial charge on any atom is -0.478 e. The van der Waals surface area contributed by atoms with Crippen molar-refractivity contribution in [2.45, 2.75) is 26.4 Å². The van der Waals surface area contributed by atoms with Crippen LogP contribution in [0.25, 0.3) is 0 Å². The molecule has 0 saturated carbocycles. The Hall–Kier alpha value is -1.26. The van der Waals surface area contributed by atoms with Crippen LogP contribution in [0.15, 0.2) is 24.3 Å². The lowest BCUT2D eigenvalue weighted by molar-refractivity contribution is -0.138. The van der Waals surface area contributed by atoms with Crippen LogP contribution in [0, 0.1) is 5.41 Å². The van der Waals surface area contributed by atoms with E-state index >= 15 is 0 Å². The lowest BCUT2D eigenvalue weighted by atomic mass is 9.88. The molecule has 0 bridgehead atoms. The number of carbonyl (C=O) groups is 1. The van der Waals surface area contributed by atoms with Gasteiger partial charge in [-0.3, -0.25) is 4.79 Å². The number of nitrogens with one attached hydrogen (secondary N) is 1. The zero-order chi connectivity index (χ0) is 14.8. The molecule has 1 aromatic rings. The molecule has 1 fully saturated rings. The van der Waals surface area contributed by atoms with Gasteiger partial charge in [-0.15, -0.1) is 0 Å². The highest BCUT2D eigenvalue weighted by Crippen LogP contribution is 2.26. The van der Waals surface area contributed by atoms with E-state index in [0.717, 1.165) is 0 Å². The van der Waals surface area contributed by atoms with Gasteiger partial charge in [-0.2, -0.15) is 0 Å². The van der Waals surface area contributed by atoms with E-state index in [1.54, 1.807) is 38.1 Å². The quantitative estimate of drug-likeness (QED) is 0.909. The Morgan fingerprint density at radius 2 is 2.00 bits per heavy atom. The topological polar surface area (TPSA) is 47.6 Å². The van der Waals surface area contributed by atoms with Gasteiger partial charge >= 0.3 is 0 Å². The molecule has 4 nitrogen and oxygen atoms in total. The van der Waals surface area contributed by atoms with Crippen molar-refractivity contribution in [3.05, 3.63) is 29.3 Å². The molecule has 0 unspecified atom stereocenters. The van der Waals surface area contributed by atoms with Gasteiger partial charge in [0.15, 0.2) is 5.60 Å². The predicted octanol–water partition coefficient (Wildman–Crippen LogP) is 2.65. The summed E-state index contributed by atoms with van der Waals surface area (Å²) in [6.07, 6.45) is 0. The smallest absolute Gasteiger partial charge is 0.263 e. The SMILES string of the molecule is CC1(CNC(=O)C(C)(C)Oc2ccc(Cl)cc2)COC1. The number of rotatable bonds is 5. The number of benzene rings is 1. The summed E-state index contributed by atoms with van der Waals surface area (Å²) in [5.41, 5.74) is -0.888. The first kappa shape index (κ1) is 15.1. The van der Waals surface area contributed by atoms with Gasteiger partial charge in [0.25, 0.3) is 5.91 Å². The summed E-state index contributed by atoms with van der Waals surface area (Å²) in [5, 5.41) is 3.56. The van der Waals surface area contributed by atoms with E-state index in [0.29, 0.717) is 30.5 Å². The minimum atomic E-state index is -0.936. The zero-order valence-electron chi connectivity index (χ0n) is 12.0. The summed E-state index contributed by atoms with van der Waals surface area (Å²) >= 11 is 5.82. The maximum atomic E-state index is 12.2. The molecule has 1 aromatic carbocycles. The monoisotopic (exact) mass is 297 g/mol. The number of hydrogen-bond acceptors (Lipinski definition) is 3. The van der Waals surface area contributed by atoms with Crippen LogP contribution in [0.3, 0.4) is 0 Å². The Bertz CT molecular complexity index is 480. The van der Waals surface area contributed by atoms with Crippen molar-refractivity contribution in [2.24, 2.45) is 5.41 Å². The molecule has 0 atom stereocenters. The van der Waals surface area contributed by atoms with Crippen LogP contribution < -0.4 is 10.1 Å². The highest BCUT2D eigenvalue weighted by molar-refractivity contribution is 6.30. The van der Waals surface area contributed by atoms with Crippen molar-refractivity contribution in [2.75, 3.05) is 19.8 Å². The molecule has 2 rings (SSSR count). The molecular weight excluding hydrogens is 278 g/mol. The fraction of sp³-hybridized carbons (Fsp3) is 0.533. The fourth-order valence-electron chi connectivity index (χ4n) is 1.90. The van der Waals surface area contributed by atoms with Gasteiger partial charge in [-0.05, 0) is 38.1 Å². The largest absolute Gasteiger partial charge is 0.478 e. The molecule has 1 N–H and O–H groups in total. The summed E-state index contributed by atoms with van der Waals surface area (Å²) in [5.74, 6) is 0.480. The van der Waals surface area contributed by atoms with Crippen molar-refractivity contribution in [3.63, 3.8) is 0 Å². The first-order chi connectivity index (χ1) is 9.31. The number of amides is 1. The van der Waals surface area contributed by atoms with Gasteiger partial charge < -0.3 is 14.8 Å². The summed E-state index contributed by atoms with van der Waals surface area (Å²) in [6.45, 7) is 7.55. The van der Waals surface area contributed by atoms with Crippen molar-refractivity contribution in [1.82, 2.24) is 5.32 Å². The second kappa shape index (κ2) is 5.62. The van der Waals surface area contributed by atoms with E-state index in [-0.39, 0.29) is 11.3 Å². The van der Waals surface area contributed by atoms with Gasteiger partial charge in [0.1, 0.15) is 5.75 Å². The van der Waals surface area contributed by atoms with Gasteiger partial charge in [0, 0.05) is 17.0 Å². The summed E-state index contributed by atoms with van der Waals surface area (Å²) in [7, 11) is 0. The normalized spacial score (nSPS) is 17.2. The van der Waals surface area contributed by atoms with E-state index in [2.05, 4.69) is 12.2 Å². The number of halogens is 1. The standard InChI is InChI=1S/C15H20ClNO3/c1-14(2,20-12-6-4-11(16)5-7-12)13(18)17-8-15(3)9-19-10-15/h4-7H,8-10H2,1-3H3,(H,17,18). The average molecular weight is 298 g/mol. The molecule has 0 radical (unpaired) electrons. The Balaban J connectivity index is 1.91. The Labute approximate surface area is 124 Å². The molecule has 5 heteroatoms. The van der Waals surface area contributed by atoms with Crippen LogP contribution in [-0.2, 0) is 9.53 Å². The lowest BCUT2D eigenvalue weighted by Gasteiger charge is -2.38. The second-order valence-electron chi connectivity index (χ2n) is 6.05. The molecule has 1 saturated heterocycles. The maximum Gasteiger partial charge on any atom is 0.263 e. The van der Waals surface area contributed by atoms with Gasteiger partial charge in [0.2, 0.25) is 0 Å². The van der Waals surface area contributed by atoms with E-state index in [9.17, 15) is 4.79 Å². The second-order valence-corrected chi connectivity index (χ2v) is 6.49.